The SMILES string of the molecule is C=CCOC12Oc3ccc(Oc4cccc(C=O)c4)cc3C3C(CCCCO)C(CCCCO)C=C(C(=NOCc4ccc([N+](=O)[O-])cc4)CC1N(CCC)C(=O)CCCCCCCCCCC)C32. The van der Waals surface area contributed by atoms with E-state index in [4.69, 9.17) is 24.2 Å². The Morgan fingerprint density at radius 2 is 1.61 bits per heavy atom. The van der Waals surface area contributed by atoms with Gasteiger partial charge in [0.15, 0.2) is 0 Å². The van der Waals surface area contributed by atoms with Crippen LogP contribution in [0.4, 0.5) is 5.69 Å². The Morgan fingerprint density at radius 1 is 0.899 bits per heavy atom. The fraction of sp³-hybridized carbons (Fsp3) is 0.554. The van der Waals surface area contributed by atoms with Crippen LogP contribution in [-0.4, -0.2) is 76.1 Å². The van der Waals surface area contributed by atoms with E-state index in [1.54, 1.807) is 36.4 Å². The van der Waals surface area contributed by atoms with Crippen molar-refractivity contribution in [3.63, 3.8) is 0 Å². The van der Waals surface area contributed by atoms with E-state index < -0.39 is 22.7 Å². The number of non-ortho nitro benzene ring substituents is 1. The van der Waals surface area contributed by atoms with Crippen molar-refractivity contribution in [1.82, 2.24) is 4.90 Å². The van der Waals surface area contributed by atoms with Crippen LogP contribution in [0, 0.1) is 27.9 Å². The van der Waals surface area contributed by atoms with E-state index in [9.17, 15) is 29.9 Å². The van der Waals surface area contributed by atoms with Gasteiger partial charge in [0.2, 0.25) is 11.7 Å². The van der Waals surface area contributed by atoms with Crippen LogP contribution < -0.4 is 9.47 Å². The molecule has 1 saturated carbocycles. The second-order valence-corrected chi connectivity index (χ2v) is 18.9. The second kappa shape index (κ2) is 27.1. The van der Waals surface area contributed by atoms with Crippen LogP contribution in [-0.2, 0) is 21.0 Å². The molecule has 2 aliphatic carbocycles. The number of rotatable bonds is 31. The molecule has 6 atom stereocenters. The first kappa shape index (κ1) is 53.0. The van der Waals surface area contributed by atoms with E-state index in [1.807, 2.05) is 29.2 Å². The Morgan fingerprint density at radius 3 is 2.29 bits per heavy atom. The predicted molar refractivity (Wildman–Crippen MR) is 269 cm³/mol. The smallest absolute Gasteiger partial charge is 0.269 e. The number of carbonyl (C=O) groups excluding carboxylic acids is 2. The number of aldehydes is 1. The van der Waals surface area contributed by atoms with Crippen LogP contribution in [0.3, 0.4) is 0 Å². The van der Waals surface area contributed by atoms with Crippen LogP contribution in [0.15, 0.2) is 96.2 Å². The molecule has 1 fully saturated rings. The first-order chi connectivity index (χ1) is 33.7. The number of aliphatic hydroxyl groups excluding tert-OH is 2. The highest BCUT2D eigenvalue weighted by molar-refractivity contribution is 6.03. The van der Waals surface area contributed by atoms with E-state index in [-0.39, 0.29) is 62.2 Å². The van der Waals surface area contributed by atoms with Crippen molar-refractivity contribution in [1.29, 1.82) is 0 Å². The molecule has 1 heterocycles. The van der Waals surface area contributed by atoms with E-state index >= 15 is 0 Å². The van der Waals surface area contributed by atoms with Crippen molar-refractivity contribution in [2.24, 2.45) is 22.9 Å². The number of unbranched alkanes of at least 4 members (excludes halogenated alkanes) is 10. The van der Waals surface area contributed by atoms with Crippen LogP contribution in [0.2, 0.25) is 0 Å². The zero-order chi connectivity index (χ0) is 49.0. The van der Waals surface area contributed by atoms with Crippen LogP contribution >= 0.6 is 0 Å². The van der Waals surface area contributed by atoms with Crippen LogP contribution in [0.1, 0.15) is 157 Å². The highest BCUT2D eigenvalue weighted by Gasteiger charge is 2.65. The molecule has 0 spiro atoms. The molecule has 3 aromatic carbocycles. The fourth-order valence-electron chi connectivity index (χ4n) is 10.8. The average Bonchev–Trinajstić information content (AvgIpc) is 3.36. The number of nitro benzene ring substituents is 1. The number of ether oxygens (including phenoxy) is 3. The maximum atomic E-state index is 14.9. The molecule has 3 aliphatic rings. The molecule has 1 aliphatic heterocycles. The highest BCUT2D eigenvalue weighted by Crippen LogP contribution is 2.62. The molecule has 2 N–H and O–H groups in total. The van der Waals surface area contributed by atoms with Gasteiger partial charge in [-0.2, -0.15) is 0 Å². The van der Waals surface area contributed by atoms with Gasteiger partial charge in [-0.25, -0.2) is 0 Å². The van der Waals surface area contributed by atoms with Crippen LogP contribution in [0.5, 0.6) is 17.2 Å². The van der Waals surface area contributed by atoms with Gasteiger partial charge in [-0.3, -0.25) is 19.7 Å². The molecule has 1 amide bonds. The molecular formula is C56H75N3O10. The van der Waals surface area contributed by atoms with Gasteiger partial charge >= 0.3 is 0 Å². The highest BCUT2D eigenvalue weighted by atomic mass is 16.7. The topological polar surface area (TPSA) is 170 Å². The molecule has 0 saturated heterocycles. The van der Waals surface area contributed by atoms with E-state index in [1.165, 1.54) is 50.7 Å². The molecule has 6 unspecified atom stereocenters. The quantitative estimate of drug-likeness (QED) is 0.0208. The van der Waals surface area contributed by atoms with E-state index in [2.05, 4.69) is 26.5 Å². The zero-order valence-electron chi connectivity index (χ0n) is 40.9. The summed E-state index contributed by atoms with van der Waals surface area (Å²) in [6, 6.07) is 18.4. The summed E-state index contributed by atoms with van der Waals surface area (Å²) in [7, 11) is 0. The first-order valence-electron chi connectivity index (χ1n) is 25.7. The third-order valence-corrected chi connectivity index (χ3v) is 14.1. The zero-order valence-corrected chi connectivity index (χ0v) is 40.9. The summed E-state index contributed by atoms with van der Waals surface area (Å²) in [4.78, 5) is 45.8. The van der Waals surface area contributed by atoms with Gasteiger partial charge < -0.3 is 34.2 Å². The minimum Gasteiger partial charge on any atom is -0.459 e. The van der Waals surface area contributed by atoms with Crippen molar-refractivity contribution in [3.05, 3.63) is 118 Å². The Balaban J connectivity index is 1.48. The van der Waals surface area contributed by atoms with Gasteiger partial charge in [-0.05, 0) is 104 Å². The monoisotopic (exact) mass is 950 g/mol. The molecule has 13 heteroatoms. The van der Waals surface area contributed by atoms with Gasteiger partial charge in [0.25, 0.3) is 5.69 Å². The van der Waals surface area contributed by atoms with Crippen LogP contribution in [0.25, 0.3) is 0 Å². The van der Waals surface area contributed by atoms with Crippen molar-refractivity contribution in [2.45, 2.75) is 154 Å². The number of allylic oxidation sites excluding steroid dienone is 1. The standard InChI is InChI=1S/C56H75N3O10/c1-4-7-8-9-10-11-12-13-14-24-53(63)58(31-5-2)52-38-50(57-67-40-41-25-27-44(28-26-41)59(64)65)48-36-43(21-15-17-32-60)47(23-16-18-33-61)54-49-37-46(68-45-22-19-20-42(35-45)39-62)29-30-51(49)69-56(52,55(48)54)66-34-6-3/h6,19-20,22,25-30,35-37,39,43,47,52,54-55,60-61H,3-5,7-18,21,23-24,31-34,38,40H2,1-2H3. The third-order valence-electron chi connectivity index (χ3n) is 14.1. The maximum Gasteiger partial charge on any atom is 0.269 e. The number of benzene rings is 3. The molecule has 374 valence electrons. The second-order valence-electron chi connectivity index (χ2n) is 18.9. The first-order valence-corrected chi connectivity index (χ1v) is 25.7. The molecule has 0 aromatic heterocycles. The number of fused-ring (bicyclic) bond motifs is 2. The molecule has 0 radical (unpaired) electrons. The van der Waals surface area contributed by atoms with Gasteiger partial charge in [0.05, 0.1) is 23.2 Å². The van der Waals surface area contributed by atoms with Gasteiger partial charge in [-0.1, -0.05) is 107 Å². The molecular weight excluding hydrogens is 875 g/mol. The number of nitrogens with zero attached hydrogens (tertiary/aromatic N) is 3. The third kappa shape index (κ3) is 13.7. The number of hydrogen-bond donors (Lipinski definition) is 2. The molecule has 6 rings (SSSR count). The number of hydrogen-bond acceptors (Lipinski definition) is 11. The number of oxime groups is 1. The van der Waals surface area contributed by atoms with Crippen molar-refractivity contribution in [3.8, 4) is 17.2 Å². The summed E-state index contributed by atoms with van der Waals surface area (Å²) in [5, 5.41) is 36.4. The van der Waals surface area contributed by atoms with E-state index in [0.717, 1.165) is 62.4 Å². The van der Waals surface area contributed by atoms with Crippen molar-refractivity contribution in [2.75, 3.05) is 26.4 Å². The Bertz CT molecular complexity index is 2190. The molecule has 3 aromatic rings. The lowest BCUT2D eigenvalue weighted by molar-refractivity contribution is -0.384. The Hall–Kier alpha value is -5.37. The number of carbonyl (C=O) groups is 2. The molecule has 0 bridgehead atoms. The summed E-state index contributed by atoms with van der Waals surface area (Å²) in [5.41, 5.74) is 3.71. The maximum absolute atomic E-state index is 14.9. The summed E-state index contributed by atoms with van der Waals surface area (Å²) in [6.45, 7) is 9.21. The summed E-state index contributed by atoms with van der Waals surface area (Å²) in [6.07, 6.45) is 20.9. The van der Waals surface area contributed by atoms with Gasteiger partial charge in [0.1, 0.15) is 36.2 Å². The average molecular weight is 950 g/mol. The lowest BCUT2D eigenvalue weighted by atomic mass is 9.55. The van der Waals surface area contributed by atoms with Crippen molar-refractivity contribution < 1.29 is 43.8 Å². The lowest BCUT2D eigenvalue weighted by Crippen LogP contribution is -2.70. The Kier molecular flexibility index (Phi) is 20.8. The minimum absolute atomic E-state index is 0.0149. The van der Waals surface area contributed by atoms with Gasteiger partial charge in [0, 0.05) is 61.8 Å². The number of aliphatic hydroxyl groups is 2. The summed E-state index contributed by atoms with van der Waals surface area (Å²) < 4.78 is 21.0. The lowest BCUT2D eigenvalue weighted by Gasteiger charge is -2.60. The van der Waals surface area contributed by atoms with Crippen molar-refractivity contribution >= 4 is 23.6 Å². The predicted octanol–water partition coefficient (Wildman–Crippen LogP) is 12.2. The largest absolute Gasteiger partial charge is 0.459 e. The number of amides is 1. The minimum atomic E-state index is -1.38. The molecule has 13 nitrogen and oxygen atoms in total. The fourth-order valence-corrected chi connectivity index (χ4v) is 10.8. The number of nitro groups is 1. The summed E-state index contributed by atoms with van der Waals surface area (Å²) >= 11 is 0. The molecule has 69 heavy (non-hydrogen) atoms. The normalized spacial score (nSPS) is 21.9. The Labute approximate surface area is 409 Å². The van der Waals surface area contributed by atoms with Gasteiger partial charge in [-0.15, -0.1) is 6.58 Å². The van der Waals surface area contributed by atoms with E-state index in [0.29, 0.717) is 66.3 Å². The summed E-state index contributed by atoms with van der Waals surface area (Å²) in [5.74, 6) is -0.336.